The lowest BCUT2D eigenvalue weighted by Crippen LogP contribution is -2.19. The highest BCUT2D eigenvalue weighted by Crippen LogP contribution is 1.90. The summed E-state index contributed by atoms with van der Waals surface area (Å²) in [6, 6.07) is 0. The van der Waals surface area contributed by atoms with E-state index in [1.54, 1.807) is 6.92 Å². The number of hydrogen-bond acceptors (Lipinski definition) is 3. The number of carboxylic acids is 2. The molecule has 1 atom stereocenters. The molecule has 5 heteroatoms. The Balaban J connectivity index is 0. The molecule has 0 amide bonds. The van der Waals surface area contributed by atoms with Gasteiger partial charge >= 0.3 is 11.9 Å². The molecular formula is C9H18O5. The van der Waals surface area contributed by atoms with Gasteiger partial charge in [-0.2, -0.15) is 0 Å². The van der Waals surface area contributed by atoms with Crippen LogP contribution in [0, 0.1) is 0 Å². The van der Waals surface area contributed by atoms with E-state index >= 15 is 0 Å². The van der Waals surface area contributed by atoms with Crippen LogP contribution < -0.4 is 0 Å². The normalized spacial score (nSPS) is 11.1. The monoisotopic (exact) mass is 206 g/mol. The van der Waals surface area contributed by atoms with Crippen LogP contribution >= 0.6 is 0 Å². The number of rotatable bonds is 5. The Morgan fingerprint density at radius 2 is 1.71 bits per heavy atom. The van der Waals surface area contributed by atoms with Crippen LogP contribution in [-0.4, -0.2) is 34.9 Å². The third-order valence-corrected chi connectivity index (χ3v) is 1.22. The number of carboxylic acid groups (broad SMARTS) is 2. The smallest absolute Gasteiger partial charge is 0.332 e. The van der Waals surface area contributed by atoms with E-state index in [0.717, 1.165) is 6.42 Å². The first-order chi connectivity index (χ1) is 6.45. The van der Waals surface area contributed by atoms with Gasteiger partial charge in [0.2, 0.25) is 0 Å². The van der Waals surface area contributed by atoms with Crippen LogP contribution in [0.15, 0.2) is 0 Å². The molecule has 14 heavy (non-hydrogen) atoms. The van der Waals surface area contributed by atoms with Crippen molar-refractivity contribution in [1.29, 1.82) is 0 Å². The lowest BCUT2D eigenvalue weighted by Gasteiger charge is -2.05. The van der Waals surface area contributed by atoms with E-state index in [9.17, 15) is 9.59 Å². The van der Waals surface area contributed by atoms with Crippen LogP contribution in [0.4, 0.5) is 0 Å². The maximum absolute atomic E-state index is 10.1. The van der Waals surface area contributed by atoms with Crippen molar-refractivity contribution in [2.24, 2.45) is 0 Å². The molecule has 0 saturated carbocycles. The number of ether oxygens (including phenoxy) is 1. The molecule has 0 heterocycles. The number of aliphatic carboxylic acids is 2. The molecule has 0 aromatic heterocycles. The molecule has 0 aromatic rings. The summed E-state index contributed by atoms with van der Waals surface area (Å²) in [5.41, 5.74) is 0. The second-order valence-corrected chi connectivity index (χ2v) is 2.60. The van der Waals surface area contributed by atoms with Crippen molar-refractivity contribution in [2.45, 2.75) is 39.7 Å². The minimum absolute atomic E-state index is 0.222. The lowest BCUT2D eigenvalue weighted by molar-refractivity contribution is -0.149. The first kappa shape index (κ1) is 15.4. The van der Waals surface area contributed by atoms with Crippen molar-refractivity contribution in [1.82, 2.24) is 0 Å². The Morgan fingerprint density at radius 1 is 1.29 bits per heavy atom. The second kappa shape index (κ2) is 9.98. The van der Waals surface area contributed by atoms with Gasteiger partial charge in [0.15, 0.2) is 6.10 Å². The minimum atomic E-state index is -0.900. The standard InChI is InChI=1S/C6H12O3.C3H6O2/c1-3-4-9-5(2)6(7)8;1-2-3(4)5/h5H,3-4H2,1-2H3,(H,7,8);2H2,1H3,(H,4,5)/t5-;/m0./s1. The summed E-state index contributed by atoms with van der Waals surface area (Å²) >= 11 is 0. The van der Waals surface area contributed by atoms with E-state index in [4.69, 9.17) is 14.9 Å². The van der Waals surface area contributed by atoms with E-state index in [0.29, 0.717) is 6.61 Å². The molecule has 0 spiro atoms. The van der Waals surface area contributed by atoms with Crippen LogP contribution in [0.5, 0.6) is 0 Å². The van der Waals surface area contributed by atoms with E-state index < -0.39 is 18.0 Å². The Labute approximate surface area is 83.7 Å². The maximum atomic E-state index is 10.1. The molecule has 0 rings (SSSR count). The predicted octanol–water partition coefficient (Wildman–Crippen LogP) is 1.37. The van der Waals surface area contributed by atoms with Gasteiger partial charge in [0.1, 0.15) is 0 Å². The van der Waals surface area contributed by atoms with Crippen molar-refractivity contribution >= 4 is 11.9 Å². The Morgan fingerprint density at radius 3 is 1.93 bits per heavy atom. The van der Waals surface area contributed by atoms with Gasteiger partial charge in [0, 0.05) is 13.0 Å². The molecule has 2 N–H and O–H groups in total. The first-order valence-corrected chi connectivity index (χ1v) is 4.51. The van der Waals surface area contributed by atoms with Gasteiger partial charge in [-0.05, 0) is 13.3 Å². The van der Waals surface area contributed by atoms with Crippen molar-refractivity contribution in [3.8, 4) is 0 Å². The van der Waals surface area contributed by atoms with Gasteiger partial charge in [-0.25, -0.2) is 4.79 Å². The molecule has 0 radical (unpaired) electrons. The molecule has 5 nitrogen and oxygen atoms in total. The molecule has 0 aliphatic carbocycles. The third-order valence-electron chi connectivity index (χ3n) is 1.22. The zero-order valence-electron chi connectivity index (χ0n) is 8.82. The van der Waals surface area contributed by atoms with Crippen LogP contribution in [0.2, 0.25) is 0 Å². The van der Waals surface area contributed by atoms with E-state index in [-0.39, 0.29) is 6.42 Å². The molecule has 0 aliphatic heterocycles. The molecule has 0 fully saturated rings. The maximum Gasteiger partial charge on any atom is 0.332 e. The quantitative estimate of drug-likeness (QED) is 0.709. The Bertz CT molecular complexity index is 167. The van der Waals surface area contributed by atoms with Gasteiger partial charge in [-0.1, -0.05) is 13.8 Å². The molecule has 0 unspecified atom stereocenters. The van der Waals surface area contributed by atoms with E-state index in [2.05, 4.69) is 0 Å². The summed E-state index contributed by atoms with van der Waals surface area (Å²) in [5, 5.41) is 16.0. The third kappa shape index (κ3) is 13.5. The van der Waals surface area contributed by atoms with Crippen molar-refractivity contribution in [3.63, 3.8) is 0 Å². The fraction of sp³-hybridized carbons (Fsp3) is 0.778. The highest BCUT2D eigenvalue weighted by molar-refractivity contribution is 5.71. The zero-order chi connectivity index (χ0) is 11.6. The fourth-order valence-corrected chi connectivity index (χ4v) is 0.366. The first-order valence-electron chi connectivity index (χ1n) is 4.51. The van der Waals surface area contributed by atoms with Crippen LogP contribution in [0.3, 0.4) is 0 Å². The van der Waals surface area contributed by atoms with Gasteiger partial charge in [0.05, 0.1) is 0 Å². The Hall–Kier alpha value is -1.10. The minimum Gasteiger partial charge on any atom is -0.481 e. The molecule has 0 aliphatic rings. The summed E-state index contributed by atoms with van der Waals surface area (Å²) in [4.78, 5) is 19.4. The highest BCUT2D eigenvalue weighted by Gasteiger charge is 2.08. The number of carbonyl (C=O) groups is 2. The average Bonchev–Trinajstić information content (AvgIpc) is 2.14. The molecule has 84 valence electrons. The van der Waals surface area contributed by atoms with E-state index in [1.807, 2.05) is 6.92 Å². The van der Waals surface area contributed by atoms with Crippen molar-refractivity contribution < 1.29 is 24.5 Å². The summed E-state index contributed by atoms with van der Waals surface area (Å²) in [5.74, 6) is -1.64. The van der Waals surface area contributed by atoms with Crippen LogP contribution in [0.25, 0.3) is 0 Å². The summed E-state index contributed by atoms with van der Waals surface area (Å²) in [6.45, 7) is 5.59. The largest absolute Gasteiger partial charge is 0.481 e. The van der Waals surface area contributed by atoms with E-state index in [1.165, 1.54) is 6.92 Å². The van der Waals surface area contributed by atoms with Crippen LogP contribution in [0.1, 0.15) is 33.6 Å². The average molecular weight is 206 g/mol. The SMILES string of the molecule is CCC(=O)O.CCCO[C@@H](C)C(=O)O. The number of hydrogen-bond donors (Lipinski definition) is 2. The van der Waals surface area contributed by atoms with Gasteiger partial charge in [0.25, 0.3) is 0 Å². The molecular weight excluding hydrogens is 188 g/mol. The van der Waals surface area contributed by atoms with Gasteiger partial charge in [-0.15, -0.1) is 0 Å². The van der Waals surface area contributed by atoms with Gasteiger partial charge < -0.3 is 14.9 Å². The van der Waals surface area contributed by atoms with Crippen molar-refractivity contribution in [2.75, 3.05) is 6.61 Å². The summed E-state index contributed by atoms with van der Waals surface area (Å²) in [6.07, 6.45) is 0.419. The molecule has 0 aromatic carbocycles. The van der Waals surface area contributed by atoms with Crippen LogP contribution in [-0.2, 0) is 14.3 Å². The van der Waals surface area contributed by atoms with Gasteiger partial charge in [-0.3, -0.25) is 4.79 Å². The lowest BCUT2D eigenvalue weighted by atomic mass is 10.4. The molecule has 0 saturated heterocycles. The second-order valence-electron chi connectivity index (χ2n) is 2.60. The summed E-state index contributed by atoms with van der Waals surface area (Å²) < 4.78 is 4.85. The zero-order valence-corrected chi connectivity index (χ0v) is 8.82. The fourth-order valence-electron chi connectivity index (χ4n) is 0.366. The summed E-state index contributed by atoms with van der Waals surface area (Å²) in [7, 11) is 0. The Kier molecular flexibility index (Phi) is 11.0. The molecule has 0 bridgehead atoms. The van der Waals surface area contributed by atoms with Crippen molar-refractivity contribution in [3.05, 3.63) is 0 Å². The highest BCUT2D eigenvalue weighted by atomic mass is 16.5. The topological polar surface area (TPSA) is 83.8 Å². The predicted molar refractivity (Wildman–Crippen MR) is 51.3 cm³/mol.